The molecule has 0 saturated heterocycles. The van der Waals surface area contributed by atoms with Crippen molar-refractivity contribution in [2.45, 2.75) is 31.4 Å². The molecule has 2 heterocycles. The molecule has 7 heteroatoms. The first-order valence-corrected chi connectivity index (χ1v) is 7.53. The van der Waals surface area contributed by atoms with E-state index in [1.807, 2.05) is 23.0 Å². The Balaban J connectivity index is 1.46. The first kappa shape index (κ1) is 13.3. The van der Waals surface area contributed by atoms with Crippen molar-refractivity contribution in [3.05, 3.63) is 34.3 Å². The Bertz CT molecular complexity index is 577. The zero-order chi connectivity index (χ0) is 13.9. The van der Waals surface area contributed by atoms with E-state index in [9.17, 15) is 9.90 Å². The Morgan fingerprint density at radius 1 is 1.60 bits per heavy atom. The van der Waals surface area contributed by atoms with Crippen molar-refractivity contribution in [2.24, 2.45) is 0 Å². The maximum absolute atomic E-state index is 11.8. The molecule has 6 nitrogen and oxygen atoms in total. The van der Waals surface area contributed by atoms with Crippen molar-refractivity contribution in [2.75, 3.05) is 6.54 Å². The summed E-state index contributed by atoms with van der Waals surface area (Å²) in [7, 11) is 0. The number of hydrogen-bond acceptors (Lipinski definition) is 5. The largest absolute Gasteiger partial charge is 0.387 e. The highest BCUT2D eigenvalue weighted by Gasteiger charge is 2.26. The summed E-state index contributed by atoms with van der Waals surface area (Å²) in [5, 5.41) is 24.3. The van der Waals surface area contributed by atoms with E-state index < -0.39 is 6.10 Å². The van der Waals surface area contributed by atoms with Gasteiger partial charge in [0.15, 0.2) is 0 Å². The summed E-state index contributed by atoms with van der Waals surface area (Å²) >= 11 is 1.52. The van der Waals surface area contributed by atoms with Gasteiger partial charge in [-0.3, -0.25) is 4.79 Å². The summed E-state index contributed by atoms with van der Waals surface area (Å²) in [6.07, 6.45) is 3.49. The number of amides is 1. The highest BCUT2D eigenvalue weighted by molar-refractivity contribution is 7.07. The molecule has 2 aromatic heterocycles. The van der Waals surface area contributed by atoms with Crippen LogP contribution < -0.4 is 5.32 Å². The number of hydrogen-bond donors (Lipinski definition) is 2. The molecule has 0 spiro atoms. The Kier molecular flexibility index (Phi) is 3.79. The fourth-order valence-corrected chi connectivity index (χ4v) is 2.66. The van der Waals surface area contributed by atoms with Gasteiger partial charge < -0.3 is 10.4 Å². The van der Waals surface area contributed by atoms with E-state index in [1.165, 1.54) is 11.3 Å². The van der Waals surface area contributed by atoms with Gasteiger partial charge >= 0.3 is 0 Å². The molecular formula is C13H16N4O2S. The zero-order valence-corrected chi connectivity index (χ0v) is 11.7. The van der Waals surface area contributed by atoms with Crippen LogP contribution in [-0.4, -0.2) is 32.6 Å². The second-order valence-corrected chi connectivity index (χ2v) is 5.77. The van der Waals surface area contributed by atoms with Gasteiger partial charge in [-0.2, -0.15) is 11.3 Å². The lowest BCUT2D eigenvalue weighted by atomic mass is 10.2. The van der Waals surface area contributed by atoms with E-state index in [1.54, 1.807) is 4.68 Å². The van der Waals surface area contributed by atoms with Crippen LogP contribution in [0.3, 0.4) is 0 Å². The van der Waals surface area contributed by atoms with E-state index in [-0.39, 0.29) is 19.0 Å². The van der Waals surface area contributed by atoms with Gasteiger partial charge in [0.2, 0.25) is 5.91 Å². The Hall–Kier alpha value is -1.73. The molecule has 0 radical (unpaired) electrons. The van der Waals surface area contributed by atoms with Gasteiger partial charge in [0.1, 0.15) is 6.54 Å². The third kappa shape index (κ3) is 3.23. The van der Waals surface area contributed by atoms with E-state index >= 15 is 0 Å². The monoisotopic (exact) mass is 292 g/mol. The average Bonchev–Trinajstić information content (AvgIpc) is 2.96. The van der Waals surface area contributed by atoms with Crippen molar-refractivity contribution in [1.29, 1.82) is 0 Å². The lowest BCUT2D eigenvalue weighted by Gasteiger charge is -2.10. The Morgan fingerprint density at radius 2 is 2.45 bits per heavy atom. The van der Waals surface area contributed by atoms with E-state index in [4.69, 9.17) is 0 Å². The highest BCUT2D eigenvalue weighted by Crippen LogP contribution is 2.38. The summed E-state index contributed by atoms with van der Waals surface area (Å²) in [5.74, 6) is 0.360. The predicted molar refractivity (Wildman–Crippen MR) is 74.3 cm³/mol. The van der Waals surface area contributed by atoms with Gasteiger partial charge in [-0.25, -0.2) is 4.68 Å². The van der Waals surface area contributed by atoms with Gasteiger partial charge in [-0.15, -0.1) is 5.10 Å². The van der Waals surface area contributed by atoms with Gasteiger partial charge in [0, 0.05) is 18.7 Å². The number of aliphatic hydroxyl groups is 1. The fraction of sp³-hybridized carbons (Fsp3) is 0.462. The molecule has 1 aliphatic carbocycles. The van der Waals surface area contributed by atoms with Crippen LogP contribution in [0.15, 0.2) is 23.0 Å². The van der Waals surface area contributed by atoms with Crippen molar-refractivity contribution in [3.63, 3.8) is 0 Å². The second-order valence-electron chi connectivity index (χ2n) is 4.99. The number of carbonyl (C=O) groups is 1. The molecule has 2 N–H and O–H groups in total. The summed E-state index contributed by atoms with van der Waals surface area (Å²) in [4.78, 5) is 11.8. The van der Waals surface area contributed by atoms with Crippen LogP contribution in [0.2, 0.25) is 0 Å². The number of nitrogens with zero attached hydrogens (tertiary/aromatic N) is 3. The third-order valence-corrected chi connectivity index (χ3v) is 3.98. The van der Waals surface area contributed by atoms with Crippen LogP contribution in [0, 0.1) is 0 Å². The quantitative estimate of drug-likeness (QED) is 0.834. The molecule has 106 valence electrons. The molecule has 1 unspecified atom stereocenters. The van der Waals surface area contributed by atoms with Crippen LogP contribution in [0.5, 0.6) is 0 Å². The normalized spacial score (nSPS) is 16.1. The maximum Gasteiger partial charge on any atom is 0.241 e. The molecule has 0 aromatic carbocycles. The predicted octanol–water partition coefficient (Wildman–Crippen LogP) is 1.07. The minimum absolute atomic E-state index is 0.135. The summed E-state index contributed by atoms with van der Waals surface area (Å²) in [6.45, 7) is 0.343. The van der Waals surface area contributed by atoms with Crippen LogP contribution in [0.1, 0.15) is 36.1 Å². The lowest BCUT2D eigenvalue weighted by Crippen LogP contribution is -2.31. The number of thiophene rings is 1. The molecule has 20 heavy (non-hydrogen) atoms. The summed E-state index contributed by atoms with van der Waals surface area (Å²) in [5.41, 5.74) is 1.79. The van der Waals surface area contributed by atoms with E-state index in [0.717, 1.165) is 24.1 Å². The number of aliphatic hydroxyl groups excluding tert-OH is 1. The van der Waals surface area contributed by atoms with Crippen molar-refractivity contribution in [3.8, 4) is 0 Å². The summed E-state index contributed by atoms with van der Waals surface area (Å²) in [6, 6.07) is 1.85. The standard InChI is InChI=1S/C13H16N4O2S/c18-12(10-3-4-20-8-10)5-14-13(19)7-17-6-11(15-16-17)9-1-2-9/h3-4,6,8-9,12,18H,1-2,5,7H2,(H,14,19). The average molecular weight is 292 g/mol. The van der Waals surface area contributed by atoms with Crippen molar-refractivity contribution >= 4 is 17.2 Å². The minimum atomic E-state index is -0.664. The van der Waals surface area contributed by atoms with Gasteiger partial charge in [-0.1, -0.05) is 5.21 Å². The van der Waals surface area contributed by atoms with Crippen LogP contribution >= 0.6 is 11.3 Å². The van der Waals surface area contributed by atoms with Crippen LogP contribution in [0.25, 0.3) is 0 Å². The molecule has 0 bridgehead atoms. The van der Waals surface area contributed by atoms with Gasteiger partial charge in [0.05, 0.1) is 11.8 Å². The Labute approximate surface area is 120 Å². The first-order valence-electron chi connectivity index (χ1n) is 6.59. The molecule has 1 atom stereocenters. The van der Waals surface area contributed by atoms with E-state index in [0.29, 0.717) is 5.92 Å². The number of rotatable bonds is 6. The molecule has 2 aromatic rings. The number of carbonyl (C=O) groups excluding carboxylic acids is 1. The van der Waals surface area contributed by atoms with Crippen LogP contribution in [-0.2, 0) is 11.3 Å². The second kappa shape index (κ2) is 5.72. The molecule has 1 fully saturated rings. The topological polar surface area (TPSA) is 80.0 Å². The van der Waals surface area contributed by atoms with Gasteiger partial charge in [-0.05, 0) is 35.2 Å². The molecule has 1 aliphatic rings. The Morgan fingerprint density at radius 3 is 3.15 bits per heavy atom. The molecular weight excluding hydrogens is 276 g/mol. The molecule has 1 amide bonds. The number of aromatic nitrogens is 3. The van der Waals surface area contributed by atoms with Gasteiger partial charge in [0.25, 0.3) is 0 Å². The maximum atomic E-state index is 11.8. The lowest BCUT2D eigenvalue weighted by molar-refractivity contribution is -0.122. The summed E-state index contributed by atoms with van der Waals surface area (Å²) < 4.78 is 1.54. The zero-order valence-electron chi connectivity index (χ0n) is 10.9. The van der Waals surface area contributed by atoms with Crippen LogP contribution in [0.4, 0.5) is 0 Å². The minimum Gasteiger partial charge on any atom is -0.387 e. The fourth-order valence-electron chi connectivity index (χ4n) is 1.95. The SMILES string of the molecule is O=C(Cn1cc(C2CC2)nn1)NCC(O)c1ccsc1. The van der Waals surface area contributed by atoms with Crippen molar-refractivity contribution in [1.82, 2.24) is 20.3 Å². The molecule has 1 saturated carbocycles. The molecule has 3 rings (SSSR count). The van der Waals surface area contributed by atoms with E-state index in [2.05, 4.69) is 15.6 Å². The third-order valence-electron chi connectivity index (χ3n) is 3.28. The highest BCUT2D eigenvalue weighted by atomic mass is 32.1. The first-order chi connectivity index (χ1) is 9.72. The van der Waals surface area contributed by atoms with Crippen molar-refractivity contribution < 1.29 is 9.90 Å². The molecule has 0 aliphatic heterocycles. The number of nitrogens with one attached hydrogen (secondary N) is 1. The smallest absolute Gasteiger partial charge is 0.241 e.